The molecule has 0 spiro atoms. The van der Waals surface area contributed by atoms with Gasteiger partial charge in [-0.3, -0.25) is 14.6 Å². The van der Waals surface area contributed by atoms with Gasteiger partial charge in [-0.05, 0) is 29.8 Å². The molecule has 0 aliphatic carbocycles. The fraction of sp³-hybridized carbons (Fsp3) is 0.190. The zero-order valence-electron chi connectivity index (χ0n) is 15.4. The van der Waals surface area contributed by atoms with Gasteiger partial charge in [-0.25, -0.2) is 0 Å². The average Bonchev–Trinajstić information content (AvgIpc) is 2.73. The van der Waals surface area contributed by atoms with E-state index < -0.39 is 11.7 Å². The fourth-order valence-electron chi connectivity index (χ4n) is 2.91. The van der Waals surface area contributed by atoms with E-state index in [0.29, 0.717) is 18.8 Å². The van der Waals surface area contributed by atoms with Crippen LogP contribution in [0.25, 0.3) is 12.2 Å². The highest BCUT2D eigenvalue weighted by Gasteiger charge is 2.19. The van der Waals surface area contributed by atoms with Crippen molar-refractivity contribution in [3.8, 4) is 0 Å². The van der Waals surface area contributed by atoms with Gasteiger partial charge in [0.2, 0.25) is 5.91 Å². The molecule has 7 heteroatoms. The molecule has 0 atom stereocenters. The monoisotopic (exact) mass is 378 g/mol. The zero-order valence-corrected chi connectivity index (χ0v) is 15.4. The Labute approximate surface area is 163 Å². The first-order chi connectivity index (χ1) is 13.5. The number of amides is 2. The molecule has 3 rings (SSSR count). The number of nitrogens with zero attached hydrogens (tertiary/aromatic N) is 3. The maximum absolute atomic E-state index is 12.4. The van der Waals surface area contributed by atoms with Gasteiger partial charge in [0.05, 0.1) is 5.69 Å². The Bertz CT molecular complexity index is 884. The molecule has 2 aromatic rings. The summed E-state index contributed by atoms with van der Waals surface area (Å²) in [6.07, 6.45) is 5.97. The minimum atomic E-state index is -0.913. The van der Waals surface area contributed by atoms with Crippen LogP contribution in [0, 0.1) is 0 Å². The molecule has 7 nitrogen and oxygen atoms in total. The van der Waals surface area contributed by atoms with Crippen molar-refractivity contribution in [3.63, 3.8) is 0 Å². The zero-order chi connectivity index (χ0) is 19.9. The molecular weight excluding hydrogens is 356 g/mol. The lowest BCUT2D eigenvalue weighted by Crippen LogP contribution is -2.48. The van der Waals surface area contributed by atoms with Gasteiger partial charge in [0.15, 0.2) is 5.76 Å². The molecule has 0 saturated carbocycles. The summed E-state index contributed by atoms with van der Waals surface area (Å²) in [4.78, 5) is 31.4. The van der Waals surface area contributed by atoms with Crippen molar-refractivity contribution in [2.75, 3.05) is 31.1 Å². The molecule has 0 radical (unpaired) electrons. The smallest absolute Gasteiger partial charge is 0.283 e. The van der Waals surface area contributed by atoms with Crippen LogP contribution in [-0.2, 0) is 9.59 Å². The molecule has 1 saturated heterocycles. The van der Waals surface area contributed by atoms with Crippen molar-refractivity contribution >= 4 is 29.7 Å². The van der Waals surface area contributed by atoms with Crippen molar-refractivity contribution < 1.29 is 14.7 Å². The van der Waals surface area contributed by atoms with Crippen LogP contribution < -0.4 is 10.6 Å². The number of aliphatic hydroxyl groups excluding tert-OH is 1. The van der Waals surface area contributed by atoms with Crippen LogP contribution in [0.2, 0.25) is 0 Å². The van der Waals surface area contributed by atoms with Gasteiger partial charge in [0.25, 0.3) is 5.91 Å². The number of carbonyl (C=O) groups excluding carboxylic acids is 2. The number of hydrogen-bond donors (Lipinski definition) is 2. The van der Waals surface area contributed by atoms with Crippen LogP contribution in [-0.4, -0.2) is 53.0 Å². The number of aliphatic hydroxyl groups is 1. The Balaban J connectivity index is 1.54. The number of para-hydroxylation sites is 1. The van der Waals surface area contributed by atoms with Gasteiger partial charge < -0.3 is 20.6 Å². The van der Waals surface area contributed by atoms with Gasteiger partial charge in [0, 0.05) is 50.2 Å². The summed E-state index contributed by atoms with van der Waals surface area (Å²) < 4.78 is 0. The molecular formula is C21H22N4O3. The highest BCUT2D eigenvalue weighted by molar-refractivity contribution is 5.94. The third kappa shape index (κ3) is 4.97. The molecule has 144 valence electrons. The molecule has 1 aromatic heterocycles. The van der Waals surface area contributed by atoms with Gasteiger partial charge in [-0.2, -0.15) is 0 Å². The summed E-state index contributed by atoms with van der Waals surface area (Å²) in [7, 11) is 0. The highest BCUT2D eigenvalue weighted by atomic mass is 16.3. The van der Waals surface area contributed by atoms with Crippen molar-refractivity contribution in [1.29, 1.82) is 0 Å². The predicted molar refractivity (Wildman–Crippen MR) is 108 cm³/mol. The molecule has 2 heterocycles. The number of hydrogen-bond acceptors (Lipinski definition) is 5. The van der Waals surface area contributed by atoms with E-state index in [1.54, 1.807) is 24.4 Å². The molecule has 1 fully saturated rings. The van der Waals surface area contributed by atoms with E-state index >= 15 is 0 Å². The molecule has 1 aromatic carbocycles. The molecule has 0 bridgehead atoms. The van der Waals surface area contributed by atoms with E-state index in [4.69, 9.17) is 5.73 Å². The Morgan fingerprint density at radius 1 is 1.04 bits per heavy atom. The minimum absolute atomic E-state index is 0.0388. The first-order valence-corrected chi connectivity index (χ1v) is 8.96. The van der Waals surface area contributed by atoms with Crippen LogP contribution in [0.15, 0.2) is 60.5 Å². The Morgan fingerprint density at radius 3 is 2.36 bits per heavy atom. The molecule has 1 aliphatic rings. The van der Waals surface area contributed by atoms with Crippen LogP contribution in [0.1, 0.15) is 11.3 Å². The largest absolute Gasteiger partial charge is 0.503 e. The van der Waals surface area contributed by atoms with E-state index in [9.17, 15) is 14.7 Å². The number of benzene rings is 1. The second-order valence-corrected chi connectivity index (χ2v) is 6.39. The first kappa shape index (κ1) is 19.2. The topological polar surface area (TPSA) is 99.8 Å². The summed E-state index contributed by atoms with van der Waals surface area (Å²) in [5, 5.41) is 9.34. The standard InChI is InChI=1S/C21H22N4O3/c22-21(28)19(26)14-17-8-6-16(15-23-17)7-9-20(27)25-12-10-24(11-13-25)18-4-2-1-3-5-18/h1-9,14-15,26H,10-13H2,(H2,22,28). The van der Waals surface area contributed by atoms with E-state index in [1.165, 1.54) is 17.8 Å². The van der Waals surface area contributed by atoms with Gasteiger partial charge in [-0.1, -0.05) is 24.3 Å². The Kier molecular flexibility index (Phi) is 6.06. The number of aromatic nitrogens is 1. The summed E-state index contributed by atoms with van der Waals surface area (Å²) >= 11 is 0. The SMILES string of the molecule is NC(=O)C(O)=Cc1ccc(C=CC(=O)N2CCN(c3ccccc3)CC2)cn1. The molecule has 28 heavy (non-hydrogen) atoms. The summed E-state index contributed by atoms with van der Waals surface area (Å²) in [6.45, 7) is 2.95. The van der Waals surface area contributed by atoms with Gasteiger partial charge in [-0.15, -0.1) is 0 Å². The molecule has 0 unspecified atom stereocenters. The van der Waals surface area contributed by atoms with Crippen molar-refractivity contribution in [3.05, 3.63) is 71.8 Å². The highest BCUT2D eigenvalue weighted by Crippen LogP contribution is 2.16. The van der Waals surface area contributed by atoms with Crippen LogP contribution >= 0.6 is 0 Å². The molecule has 1 aliphatic heterocycles. The van der Waals surface area contributed by atoms with Gasteiger partial charge in [0.1, 0.15) is 0 Å². The van der Waals surface area contributed by atoms with E-state index in [1.807, 2.05) is 23.1 Å². The quantitative estimate of drug-likeness (QED) is 0.611. The molecule has 2 amide bonds. The van der Waals surface area contributed by atoms with Crippen LogP contribution in [0.4, 0.5) is 5.69 Å². The molecule has 3 N–H and O–H groups in total. The first-order valence-electron chi connectivity index (χ1n) is 8.96. The van der Waals surface area contributed by atoms with Crippen LogP contribution in [0.5, 0.6) is 0 Å². The van der Waals surface area contributed by atoms with E-state index in [0.717, 1.165) is 18.7 Å². The maximum Gasteiger partial charge on any atom is 0.283 e. The fourth-order valence-corrected chi connectivity index (χ4v) is 2.91. The second-order valence-electron chi connectivity index (χ2n) is 6.39. The van der Waals surface area contributed by atoms with E-state index in [2.05, 4.69) is 22.0 Å². The average molecular weight is 378 g/mol. The van der Waals surface area contributed by atoms with Crippen molar-refractivity contribution in [1.82, 2.24) is 9.88 Å². The normalized spacial score (nSPS) is 15.1. The number of piperazine rings is 1. The van der Waals surface area contributed by atoms with Crippen molar-refractivity contribution in [2.24, 2.45) is 5.73 Å². The number of nitrogens with two attached hydrogens (primary N) is 1. The van der Waals surface area contributed by atoms with Crippen LogP contribution in [0.3, 0.4) is 0 Å². The minimum Gasteiger partial charge on any atom is -0.503 e. The second kappa shape index (κ2) is 8.85. The third-order valence-corrected chi connectivity index (χ3v) is 4.48. The Morgan fingerprint density at radius 2 is 1.75 bits per heavy atom. The Hall–Kier alpha value is -3.61. The van der Waals surface area contributed by atoms with Crippen molar-refractivity contribution in [2.45, 2.75) is 0 Å². The number of anilines is 1. The third-order valence-electron chi connectivity index (χ3n) is 4.48. The summed E-state index contributed by atoms with van der Waals surface area (Å²) in [5.41, 5.74) is 7.28. The van der Waals surface area contributed by atoms with E-state index in [-0.39, 0.29) is 5.91 Å². The lowest BCUT2D eigenvalue weighted by molar-refractivity contribution is -0.126. The number of carbonyl (C=O) groups is 2. The number of primary amides is 1. The lowest BCUT2D eigenvalue weighted by atomic mass is 10.2. The summed E-state index contributed by atoms with van der Waals surface area (Å²) in [6, 6.07) is 13.5. The number of pyridine rings is 1. The summed E-state index contributed by atoms with van der Waals surface area (Å²) in [5.74, 6) is -1.51. The predicted octanol–water partition coefficient (Wildman–Crippen LogP) is 1.83. The number of rotatable bonds is 5. The van der Waals surface area contributed by atoms with Gasteiger partial charge >= 0.3 is 0 Å². The maximum atomic E-state index is 12.4. The lowest BCUT2D eigenvalue weighted by Gasteiger charge is -2.35.